The second-order valence-electron chi connectivity index (χ2n) is 11.2. The zero-order valence-electron chi connectivity index (χ0n) is 15.3. The molecule has 2 N–H and O–H groups in total. The third-order valence-electron chi connectivity index (χ3n) is 9.00. The minimum atomic E-state index is 0.398. The first kappa shape index (κ1) is 16.1. The van der Waals surface area contributed by atoms with Crippen molar-refractivity contribution < 1.29 is 10.2 Å². The first-order chi connectivity index (χ1) is 11.6. The van der Waals surface area contributed by atoms with Crippen molar-refractivity contribution in [1.82, 2.24) is 0 Å². The molecule has 0 radical (unpaired) electrons. The fourth-order valence-electron chi connectivity index (χ4n) is 8.97. The number of hydrogen-bond donors (Lipinski definition) is 2. The zero-order chi connectivity index (χ0) is 16.4. The van der Waals surface area contributed by atoms with Crippen LogP contribution in [0.1, 0.15) is 77.0 Å². The quantitative estimate of drug-likeness (QED) is 0.787. The van der Waals surface area contributed by atoms with Crippen molar-refractivity contribution in [2.45, 2.75) is 77.0 Å². The summed E-state index contributed by atoms with van der Waals surface area (Å²) in [6.07, 6.45) is 17.0. The highest BCUT2D eigenvalue weighted by atomic mass is 16.3. The van der Waals surface area contributed by atoms with Gasteiger partial charge in [-0.2, -0.15) is 0 Å². The van der Waals surface area contributed by atoms with Crippen LogP contribution in [0.2, 0.25) is 0 Å². The Bertz CT molecular complexity index is 368. The molecule has 0 aliphatic heterocycles. The van der Waals surface area contributed by atoms with E-state index in [2.05, 4.69) is 0 Å². The monoisotopic (exact) mass is 332 g/mol. The van der Waals surface area contributed by atoms with E-state index in [4.69, 9.17) is 0 Å². The highest BCUT2D eigenvalue weighted by molar-refractivity contribution is 5.02. The first-order valence-corrected chi connectivity index (χ1v) is 10.8. The van der Waals surface area contributed by atoms with Gasteiger partial charge < -0.3 is 10.2 Å². The zero-order valence-corrected chi connectivity index (χ0v) is 15.3. The fraction of sp³-hybridized carbons (Fsp3) is 1.00. The van der Waals surface area contributed by atoms with Crippen LogP contribution in [0.5, 0.6) is 0 Å². The van der Waals surface area contributed by atoms with Crippen molar-refractivity contribution in [1.29, 1.82) is 0 Å². The predicted molar refractivity (Wildman–Crippen MR) is 95.4 cm³/mol. The number of hydrogen-bond acceptors (Lipinski definition) is 2. The third kappa shape index (κ3) is 2.67. The molecule has 0 spiro atoms. The van der Waals surface area contributed by atoms with Gasteiger partial charge in [0.2, 0.25) is 0 Å². The molecular weight excluding hydrogens is 296 g/mol. The molecule has 0 saturated heterocycles. The largest absolute Gasteiger partial charge is 0.396 e. The van der Waals surface area contributed by atoms with Gasteiger partial charge in [0.05, 0.1) is 0 Å². The van der Waals surface area contributed by atoms with Crippen LogP contribution in [0, 0.1) is 46.3 Å². The van der Waals surface area contributed by atoms with Gasteiger partial charge in [-0.3, -0.25) is 0 Å². The summed E-state index contributed by atoms with van der Waals surface area (Å²) in [5.41, 5.74) is 0.795. The predicted octanol–water partition coefficient (Wildman–Crippen LogP) is 4.39. The summed E-state index contributed by atoms with van der Waals surface area (Å²) in [6, 6.07) is 0. The lowest BCUT2D eigenvalue weighted by atomic mass is 9.50. The molecule has 8 rings (SSSR count). The van der Waals surface area contributed by atoms with Crippen LogP contribution in [-0.2, 0) is 0 Å². The van der Waals surface area contributed by atoms with Crippen LogP contribution in [0.15, 0.2) is 0 Å². The molecular formula is C22H36O2. The molecule has 8 fully saturated rings. The average molecular weight is 333 g/mol. The van der Waals surface area contributed by atoms with Crippen molar-refractivity contribution in [3.05, 3.63) is 0 Å². The van der Waals surface area contributed by atoms with Crippen molar-refractivity contribution in [3.8, 4) is 0 Å². The molecule has 0 aromatic carbocycles. The van der Waals surface area contributed by atoms with Crippen LogP contribution in [0.4, 0.5) is 0 Å². The minimum absolute atomic E-state index is 0.398. The lowest BCUT2D eigenvalue weighted by Gasteiger charge is -2.56. The Labute approximate surface area is 147 Å². The van der Waals surface area contributed by atoms with E-state index in [1.54, 1.807) is 0 Å². The van der Waals surface area contributed by atoms with Gasteiger partial charge in [0, 0.05) is 13.2 Å². The lowest BCUT2D eigenvalue weighted by Crippen LogP contribution is -2.47. The maximum Gasteiger partial charge on any atom is 0.0487 e. The average Bonchev–Trinajstić information content (AvgIpc) is 2.53. The lowest BCUT2D eigenvalue weighted by molar-refractivity contribution is -0.0798. The number of rotatable bonds is 2. The molecule has 0 amide bonds. The van der Waals surface area contributed by atoms with E-state index in [0.717, 1.165) is 35.5 Å². The smallest absolute Gasteiger partial charge is 0.0487 e. The molecule has 24 heavy (non-hydrogen) atoms. The van der Waals surface area contributed by atoms with E-state index in [1.165, 1.54) is 77.0 Å². The molecule has 0 heterocycles. The first-order valence-electron chi connectivity index (χ1n) is 10.8. The van der Waals surface area contributed by atoms with Gasteiger partial charge in [-0.15, -0.1) is 0 Å². The van der Waals surface area contributed by atoms with E-state index < -0.39 is 0 Å². The van der Waals surface area contributed by atoms with Crippen LogP contribution in [-0.4, -0.2) is 23.4 Å². The molecule has 8 aliphatic carbocycles. The van der Waals surface area contributed by atoms with Crippen LogP contribution in [0.3, 0.4) is 0 Å². The molecule has 0 atom stereocenters. The minimum Gasteiger partial charge on any atom is -0.396 e. The Balaban J connectivity index is 0.000000109. The van der Waals surface area contributed by atoms with E-state index in [-0.39, 0.29) is 0 Å². The summed E-state index contributed by atoms with van der Waals surface area (Å²) in [6.45, 7) is 0.938. The molecule has 8 bridgehead atoms. The van der Waals surface area contributed by atoms with Crippen LogP contribution < -0.4 is 0 Å². The molecule has 0 aromatic rings. The maximum atomic E-state index is 9.43. The highest BCUT2D eigenvalue weighted by Crippen LogP contribution is 2.60. The van der Waals surface area contributed by atoms with Crippen LogP contribution >= 0.6 is 0 Å². The summed E-state index contributed by atoms with van der Waals surface area (Å²) < 4.78 is 0. The molecule has 136 valence electrons. The third-order valence-corrected chi connectivity index (χ3v) is 9.00. The Morgan fingerprint density at radius 1 is 0.458 bits per heavy atom. The van der Waals surface area contributed by atoms with Gasteiger partial charge in [0.15, 0.2) is 0 Å². The van der Waals surface area contributed by atoms with Crippen LogP contribution in [0.25, 0.3) is 0 Å². The van der Waals surface area contributed by atoms with Gasteiger partial charge >= 0.3 is 0 Å². The van der Waals surface area contributed by atoms with Crippen molar-refractivity contribution in [3.63, 3.8) is 0 Å². The van der Waals surface area contributed by atoms with E-state index in [1.807, 2.05) is 0 Å². The molecule has 8 saturated carbocycles. The standard InChI is InChI=1S/2C11H18O/c2*12-7-11-4-8-1-9(5-11)3-10(2-8)6-11/h2*8-10,12H,1-7H2. The van der Waals surface area contributed by atoms with Crippen molar-refractivity contribution in [2.75, 3.05) is 13.2 Å². The van der Waals surface area contributed by atoms with Crippen molar-refractivity contribution in [2.24, 2.45) is 46.3 Å². The normalized spacial score (nSPS) is 56.2. The number of aliphatic hydroxyl groups is 2. The van der Waals surface area contributed by atoms with Gasteiger partial charge in [-0.25, -0.2) is 0 Å². The molecule has 8 aliphatic rings. The second-order valence-corrected chi connectivity index (χ2v) is 11.2. The summed E-state index contributed by atoms with van der Waals surface area (Å²) >= 11 is 0. The highest BCUT2D eigenvalue weighted by Gasteiger charge is 2.51. The Morgan fingerprint density at radius 3 is 0.833 bits per heavy atom. The molecule has 0 aromatic heterocycles. The van der Waals surface area contributed by atoms with E-state index >= 15 is 0 Å². The fourth-order valence-corrected chi connectivity index (χ4v) is 8.97. The van der Waals surface area contributed by atoms with Gasteiger partial charge in [0.1, 0.15) is 0 Å². The van der Waals surface area contributed by atoms with E-state index in [0.29, 0.717) is 24.0 Å². The summed E-state index contributed by atoms with van der Waals surface area (Å²) in [7, 11) is 0. The molecule has 0 unspecified atom stereocenters. The topological polar surface area (TPSA) is 40.5 Å². The van der Waals surface area contributed by atoms with Gasteiger partial charge in [0.25, 0.3) is 0 Å². The van der Waals surface area contributed by atoms with Gasteiger partial charge in [-0.05, 0) is 123 Å². The second kappa shape index (κ2) is 5.71. The summed E-state index contributed by atoms with van der Waals surface area (Å²) in [5.74, 6) is 5.94. The summed E-state index contributed by atoms with van der Waals surface area (Å²) in [5, 5.41) is 18.9. The Kier molecular flexibility index (Phi) is 3.83. The van der Waals surface area contributed by atoms with Crippen molar-refractivity contribution >= 4 is 0 Å². The van der Waals surface area contributed by atoms with Gasteiger partial charge in [-0.1, -0.05) is 0 Å². The maximum absolute atomic E-state index is 9.43. The molecule has 2 heteroatoms. The Morgan fingerprint density at radius 2 is 0.667 bits per heavy atom. The number of aliphatic hydroxyl groups excluding tert-OH is 2. The SMILES string of the molecule is OCC12CC3CC(CC(C3)C1)C2.OCC12CC3CC(CC(C3)C1)C2. The Hall–Kier alpha value is -0.0800. The summed E-state index contributed by atoms with van der Waals surface area (Å²) in [4.78, 5) is 0. The van der Waals surface area contributed by atoms with E-state index in [9.17, 15) is 10.2 Å². The molecule has 2 nitrogen and oxygen atoms in total.